The summed E-state index contributed by atoms with van der Waals surface area (Å²) in [4.78, 5) is 13.1. The minimum absolute atomic E-state index is 0.0659. The molecule has 0 radical (unpaired) electrons. The van der Waals surface area contributed by atoms with E-state index in [1.165, 1.54) is 0 Å². The van der Waals surface area contributed by atoms with E-state index in [9.17, 15) is 10.1 Å². The minimum atomic E-state index is -0.531. The average Bonchev–Trinajstić information content (AvgIpc) is 3.45. The predicted octanol–water partition coefficient (Wildman–Crippen LogP) is 7.72. The number of nitrogens with one attached hydrogen (secondary N) is 1. The van der Waals surface area contributed by atoms with Crippen LogP contribution in [0.4, 0.5) is 5.69 Å². The number of benzene rings is 4. The van der Waals surface area contributed by atoms with Gasteiger partial charge in [-0.1, -0.05) is 60.1 Å². The summed E-state index contributed by atoms with van der Waals surface area (Å²) < 4.78 is 13.2. The van der Waals surface area contributed by atoms with Gasteiger partial charge in [0.1, 0.15) is 35.4 Å². The molecule has 0 atom stereocenters. The van der Waals surface area contributed by atoms with E-state index in [-0.39, 0.29) is 5.57 Å². The number of aromatic nitrogens is 2. The van der Waals surface area contributed by atoms with Gasteiger partial charge in [0.15, 0.2) is 0 Å². The fraction of sp³-hybridized carbons (Fsp3) is 0.0882. The highest BCUT2D eigenvalue weighted by Gasteiger charge is 2.16. The van der Waals surface area contributed by atoms with Crippen LogP contribution in [0.3, 0.4) is 0 Å². The first-order valence-electron chi connectivity index (χ1n) is 13.3. The summed E-state index contributed by atoms with van der Waals surface area (Å²) in [5.74, 6) is 0.796. The first-order valence-corrected chi connectivity index (χ1v) is 13.7. The topological polar surface area (TPSA) is 89.2 Å². The fourth-order valence-electron chi connectivity index (χ4n) is 4.24. The zero-order chi connectivity index (χ0) is 29.3. The van der Waals surface area contributed by atoms with Gasteiger partial charge in [0.25, 0.3) is 5.91 Å². The number of carbonyl (C=O) groups is 1. The normalized spacial score (nSPS) is 11.0. The number of hydrogen-bond acceptors (Lipinski definition) is 5. The first kappa shape index (κ1) is 28.2. The van der Waals surface area contributed by atoms with Crippen LogP contribution in [0.1, 0.15) is 18.1 Å². The Morgan fingerprint density at radius 3 is 2.45 bits per heavy atom. The fourth-order valence-corrected chi connectivity index (χ4v) is 4.43. The van der Waals surface area contributed by atoms with E-state index in [0.717, 1.165) is 16.8 Å². The third-order valence-electron chi connectivity index (χ3n) is 6.31. The van der Waals surface area contributed by atoms with E-state index in [4.69, 9.17) is 26.2 Å². The molecule has 8 heteroatoms. The van der Waals surface area contributed by atoms with Crippen molar-refractivity contribution in [2.75, 3.05) is 11.9 Å². The van der Waals surface area contributed by atoms with Crippen LogP contribution in [-0.4, -0.2) is 22.3 Å². The van der Waals surface area contributed by atoms with Crippen LogP contribution in [0.15, 0.2) is 115 Å². The van der Waals surface area contributed by atoms with Crippen LogP contribution in [0.5, 0.6) is 11.5 Å². The molecule has 0 saturated heterocycles. The molecule has 1 amide bonds. The minimum Gasteiger partial charge on any atom is -0.494 e. The molecular formula is C34H27ClN4O3. The number of para-hydroxylation sites is 1. The SMILES string of the molecule is CCOc1ccc(NC(=O)/C(C#N)=C\c2cn(-c3ccccc3)nc2-c2cccc(OCc3ccccc3Cl)c2)cc1. The van der Waals surface area contributed by atoms with Crippen molar-refractivity contribution < 1.29 is 14.3 Å². The Kier molecular flexibility index (Phi) is 8.97. The number of anilines is 1. The van der Waals surface area contributed by atoms with E-state index in [2.05, 4.69) is 5.32 Å². The maximum absolute atomic E-state index is 13.1. The molecule has 7 nitrogen and oxygen atoms in total. The molecule has 0 unspecified atom stereocenters. The van der Waals surface area contributed by atoms with Gasteiger partial charge in [-0.05, 0) is 67.6 Å². The van der Waals surface area contributed by atoms with E-state index in [0.29, 0.717) is 46.7 Å². The lowest BCUT2D eigenvalue weighted by atomic mass is 10.1. The van der Waals surface area contributed by atoms with Crippen molar-refractivity contribution in [1.29, 1.82) is 5.26 Å². The number of nitriles is 1. The van der Waals surface area contributed by atoms with Gasteiger partial charge in [0.05, 0.1) is 12.3 Å². The number of nitrogens with zero attached hydrogens (tertiary/aromatic N) is 3. The number of halogens is 1. The molecule has 42 heavy (non-hydrogen) atoms. The van der Waals surface area contributed by atoms with Crippen molar-refractivity contribution in [2.24, 2.45) is 0 Å². The Labute approximate surface area is 249 Å². The standard InChI is InChI=1S/C34H27ClN4O3/c1-2-41-30-17-15-28(16-18-30)37-34(40)26(21-36)19-27-22-39(29-11-4-3-5-12-29)38-33(27)24-10-8-13-31(20-24)42-23-25-9-6-7-14-32(25)35/h3-20,22H,2,23H2,1H3,(H,37,40)/b26-19-. The summed E-state index contributed by atoms with van der Waals surface area (Å²) in [5.41, 5.74) is 4.14. The van der Waals surface area contributed by atoms with Crippen molar-refractivity contribution >= 4 is 29.3 Å². The molecule has 0 aliphatic rings. The molecule has 1 aromatic heterocycles. The summed E-state index contributed by atoms with van der Waals surface area (Å²) in [6, 6.07) is 33.7. The first-order chi connectivity index (χ1) is 20.5. The third kappa shape index (κ3) is 6.87. The summed E-state index contributed by atoms with van der Waals surface area (Å²) in [6.45, 7) is 2.75. The quantitative estimate of drug-likeness (QED) is 0.136. The van der Waals surface area contributed by atoms with Crippen LogP contribution in [0, 0.1) is 11.3 Å². The van der Waals surface area contributed by atoms with Crippen molar-refractivity contribution in [1.82, 2.24) is 9.78 Å². The van der Waals surface area contributed by atoms with Gasteiger partial charge in [-0.25, -0.2) is 4.68 Å². The summed E-state index contributed by atoms with van der Waals surface area (Å²) >= 11 is 6.29. The number of hydrogen-bond donors (Lipinski definition) is 1. The van der Waals surface area contributed by atoms with Gasteiger partial charge >= 0.3 is 0 Å². The van der Waals surface area contributed by atoms with Crippen LogP contribution in [0.25, 0.3) is 23.0 Å². The maximum atomic E-state index is 13.1. The van der Waals surface area contributed by atoms with Crippen LogP contribution in [0.2, 0.25) is 5.02 Å². The van der Waals surface area contributed by atoms with Crippen molar-refractivity contribution in [2.45, 2.75) is 13.5 Å². The van der Waals surface area contributed by atoms with Gasteiger partial charge in [-0.15, -0.1) is 0 Å². The molecule has 0 fully saturated rings. The maximum Gasteiger partial charge on any atom is 0.266 e. The van der Waals surface area contributed by atoms with E-state index in [1.807, 2.05) is 91.9 Å². The predicted molar refractivity (Wildman–Crippen MR) is 165 cm³/mol. The average molecular weight is 575 g/mol. The highest BCUT2D eigenvalue weighted by molar-refractivity contribution is 6.31. The Balaban J connectivity index is 1.46. The largest absolute Gasteiger partial charge is 0.494 e. The van der Waals surface area contributed by atoms with Gasteiger partial charge in [-0.2, -0.15) is 10.4 Å². The summed E-state index contributed by atoms with van der Waals surface area (Å²) in [5, 5.41) is 18.2. The Hall–Kier alpha value is -5.32. The molecule has 0 bridgehead atoms. The smallest absolute Gasteiger partial charge is 0.266 e. The molecule has 0 spiro atoms. The molecular weight excluding hydrogens is 548 g/mol. The molecule has 5 aromatic rings. The van der Waals surface area contributed by atoms with Gasteiger partial charge < -0.3 is 14.8 Å². The van der Waals surface area contributed by atoms with Gasteiger partial charge in [0, 0.05) is 33.6 Å². The zero-order valence-electron chi connectivity index (χ0n) is 22.8. The summed E-state index contributed by atoms with van der Waals surface area (Å²) in [6.07, 6.45) is 3.34. The van der Waals surface area contributed by atoms with Crippen molar-refractivity contribution in [3.8, 4) is 34.5 Å². The molecule has 208 valence electrons. The lowest BCUT2D eigenvalue weighted by molar-refractivity contribution is -0.112. The van der Waals surface area contributed by atoms with Gasteiger partial charge in [0.2, 0.25) is 0 Å². The van der Waals surface area contributed by atoms with E-state index >= 15 is 0 Å². The molecule has 0 aliphatic carbocycles. The van der Waals surface area contributed by atoms with Crippen LogP contribution < -0.4 is 14.8 Å². The number of ether oxygens (including phenoxy) is 2. The lowest BCUT2D eigenvalue weighted by Crippen LogP contribution is -2.13. The van der Waals surface area contributed by atoms with Crippen LogP contribution in [-0.2, 0) is 11.4 Å². The molecule has 1 N–H and O–H groups in total. The molecule has 5 rings (SSSR count). The highest BCUT2D eigenvalue weighted by Crippen LogP contribution is 2.29. The highest BCUT2D eigenvalue weighted by atomic mass is 35.5. The third-order valence-corrected chi connectivity index (χ3v) is 6.68. The molecule has 0 aliphatic heterocycles. The summed E-state index contributed by atoms with van der Waals surface area (Å²) in [7, 11) is 0. The number of carbonyl (C=O) groups excluding carboxylic acids is 1. The number of amides is 1. The second-order valence-electron chi connectivity index (χ2n) is 9.20. The zero-order valence-corrected chi connectivity index (χ0v) is 23.6. The molecule has 0 saturated carbocycles. The van der Waals surface area contributed by atoms with Crippen LogP contribution >= 0.6 is 11.6 Å². The Morgan fingerprint density at radius 1 is 0.952 bits per heavy atom. The second-order valence-corrected chi connectivity index (χ2v) is 9.61. The second kappa shape index (κ2) is 13.4. The Bertz CT molecular complexity index is 1760. The van der Waals surface area contributed by atoms with Crippen molar-refractivity contribution in [3.63, 3.8) is 0 Å². The van der Waals surface area contributed by atoms with E-state index < -0.39 is 5.91 Å². The van der Waals surface area contributed by atoms with Gasteiger partial charge in [-0.3, -0.25) is 4.79 Å². The Morgan fingerprint density at radius 2 is 1.71 bits per heavy atom. The monoisotopic (exact) mass is 574 g/mol. The number of rotatable bonds is 10. The van der Waals surface area contributed by atoms with E-state index in [1.54, 1.807) is 41.2 Å². The lowest BCUT2D eigenvalue weighted by Gasteiger charge is -2.09. The molecule has 4 aromatic carbocycles. The molecule has 1 heterocycles. The van der Waals surface area contributed by atoms with Crippen molar-refractivity contribution in [3.05, 3.63) is 131 Å².